The molecule has 8 nitrogen and oxygen atoms in total. The molecule has 3 heterocycles. The average Bonchev–Trinajstić information content (AvgIpc) is 2.86. The number of pyridine rings is 1. The summed E-state index contributed by atoms with van der Waals surface area (Å²) in [4.78, 5) is 37.7. The number of aryl methyl sites for hydroxylation is 3. The molecule has 9 heteroatoms. The fourth-order valence-corrected chi connectivity index (χ4v) is 4.46. The maximum atomic E-state index is 11.2. The zero-order valence-corrected chi connectivity index (χ0v) is 19.9. The average molecular weight is 470 g/mol. The molecule has 0 unspecified atom stereocenters. The van der Waals surface area contributed by atoms with Gasteiger partial charge in [0.15, 0.2) is 0 Å². The normalized spacial score (nSPS) is 14.4. The Morgan fingerprint density at radius 1 is 1.11 bits per heavy atom. The summed E-state index contributed by atoms with van der Waals surface area (Å²) in [6.07, 6.45) is 7.83. The van der Waals surface area contributed by atoms with Crippen LogP contribution in [0.25, 0.3) is 0 Å². The van der Waals surface area contributed by atoms with Crippen molar-refractivity contribution >= 4 is 31.2 Å². The van der Waals surface area contributed by atoms with Gasteiger partial charge in [-0.15, -0.1) is 0 Å². The molecule has 0 bridgehead atoms. The first-order valence-corrected chi connectivity index (χ1v) is 11.9. The van der Waals surface area contributed by atoms with Gasteiger partial charge in [-0.25, -0.2) is 9.97 Å². The Morgan fingerprint density at radius 3 is 2.57 bits per heavy atom. The lowest BCUT2D eigenvalue weighted by atomic mass is 9.86. The maximum Gasteiger partial charge on any atom is 0.307 e. The highest BCUT2D eigenvalue weighted by atomic mass is 16.4. The standard InChI is InChI=1S/C26H29BN5O3/c1-18-15-29-26(31-23(18)8-6-19-4-2-3-5-21(19)14-25(34)35)30-22-7-9-24(28-16-22)20-10-12-32(13-11-20)27-17-33/h2-5,7,9,15-17,20H,6,8,10-14H2,1H3,(H,34,35)(H,29,30,31). The van der Waals surface area contributed by atoms with Crippen molar-refractivity contribution in [1.82, 2.24) is 19.8 Å². The number of carboxylic acid groups (broad SMARTS) is 1. The van der Waals surface area contributed by atoms with Crippen LogP contribution in [0.2, 0.25) is 0 Å². The Labute approximate surface area is 206 Å². The molecule has 0 amide bonds. The summed E-state index contributed by atoms with van der Waals surface area (Å²) in [5, 5.41) is 12.4. The van der Waals surface area contributed by atoms with E-state index in [2.05, 4.69) is 20.1 Å². The second-order valence-corrected chi connectivity index (χ2v) is 8.85. The van der Waals surface area contributed by atoms with E-state index in [9.17, 15) is 14.7 Å². The SMILES string of the molecule is Cc1cnc(Nc2ccc(C3CCN([B]C=O)CC3)nc2)nc1CCc1ccccc1CC(=O)O. The molecule has 1 aliphatic rings. The van der Waals surface area contributed by atoms with Crippen LogP contribution >= 0.6 is 0 Å². The first kappa shape index (κ1) is 24.5. The van der Waals surface area contributed by atoms with Crippen molar-refractivity contribution in [3.63, 3.8) is 0 Å². The lowest BCUT2D eigenvalue weighted by molar-refractivity contribution is -0.136. The topological polar surface area (TPSA) is 108 Å². The van der Waals surface area contributed by atoms with Crippen LogP contribution in [-0.4, -0.2) is 57.5 Å². The van der Waals surface area contributed by atoms with Gasteiger partial charge in [0.05, 0.1) is 24.5 Å². The Morgan fingerprint density at radius 2 is 1.89 bits per heavy atom. The predicted molar refractivity (Wildman–Crippen MR) is 136 cm³/mol. The van der Waals surface area contributed by atoms with E-state index in [0.29, 0.717) is 24.7 Å². The molecule has 0 saturated carbocycles. The lowest BCUT2D eigenvalue weighted by Gasteiger charge is -2.30. The molecule has 0 atom stereocenters. The number of piperidine rings is 1. The van der Waals surface area contributed by atoms with Gasteiger partial charge in [0.25, 0.3) is 7.41 Å². The fraction of sp³-hybridized carbons (Fsp3) is 0.346. The highest BCUT2D eigenvalue weighted by Gasteiger charge is 2.21. The summed E-state index contributed by atoms with van der Waals surface area (Å²) < 4.78 is 0. The van der Waals surface area contributed by atoms with Crippen molar-refractivity contribution in [2.45, 2.75) is 44.9 Å². The molecule has 179 valence electrons. The molecule has 4 rings (SSSR count). The second-order valence-electron chi connectivity index (χ2n) is 8.85. The summed E-state index contributed by atoms with van der Waals surface area (Å²) in [6, 6.07) is 11.7. The van der Waals surface area contributed by atoms with Crippen LogP contribution in [0.5, 0.6) is 0 Å². The number of hydrogen-bond acceptors (Lipinski definition) is 7. The van der Waals surface area contributed by atoms with E-state index < -0.39 is 5.97 Å². The number of rotatable bonds is 10. The van der Waals surface area contributed by atoms with E-state index in [4.69, 9.17) is 4.98 Å². The molecule has 2 aromatic heterocycles. The molecule has 1 saturated heterocycles. The molecule has 0 aliphatic carbocycles. The summed E-state index contributed by atoms with van der Waals surface area (Å²) in [5.41, 5.74) is 5.67. The van der Waals surface area contributed by atoms with E-state index >= 15 is 0 Å². The first-order chi connectivity index (χ1) is 17.0. The number of anilines is 2. The Bertz CT molecular complexity index is 1160. The van der Waals surface area contributed by atoms with Crippen LogP contribution in [0.3, 0.4) is 0 Å². The number of aromatic nitrogens is 3. The van der Waals surface area contributed by atoms with Crippen LogP contribution in [0.15, 0.2) is 48.8 Å². The van der Waals surface area contributed by atoms with Crippen LogP contribution in [0.1, 0.15) is 46.8 Å². The van der Waals surface area contributed by atoms with E-state index in [1.165, 1.54) is 0 Å². The molecule has 3 aromatic rings. The van der Waals surface area contributed by atoms with Gasteiger partial charge in [0.2, 0.25) is 5.95 Å². The van der Waals surface area contributed by atoms with Crippen molar-refractivity contribution < 1.29 is 14.7 Å². The van der Waals surface area contributed by atoms with Gasteiger partial charge in [-0.1, -0.05) is 24.3 Å². The van der Waals surface area contributed by atoms with Gasteiger partial charge in [-0.2, -0.15) is 0 Å². The number of nitrogens with one attached hydrogen (secondary N) is 1. The van der Waals surface area contributed by atoms with E-state index in [-0.39, 0.29) is 6.42 Å². The first-order valence-electron chi connectivity index (χ1n) is 11.9. The Hall–Kier alpha value is -3.59. The predicted octanol–water partition coefficient (Wildman–Crippen LogP) is 3.32. The maximum absolute atomic E-state index is 11.2. The summed E-state index contributed by atoms with van der Waals surface area (Å²) in [6.45, 7) is 3.72. The van der Waals surface area contributed by atoms with Crippen LogP contribution in [0.4, 0.5) is 11.6 Å². The number of carbonyl (C=O) groups is 2. The van der Waals surface area contributed by atoms with E-state index in [1.807, 2.05) is 49.5 Å². The van der Waals surface area contributed by atoms with Crippen molar-refractivity contribution in [2.24, 2.45) is 0 Å². The Kier molecular flexibility index (Phi) is 8.21. The molecular weight excluding hydrogens is 441 g/mol. The van der Waals surface area contributed by atoms with Crippen LogP contribution < -0.4 is 5.32 Å². The van der Waals surface area contributed by atoms with Gasteiger partial charge in [0, 0.05) is 23.5 Å². The summed E-state index contributed by atoms with van der Waals surface area (Å²) >= 11 is 0. The van der Waals surface area contributed by atoms with Crippen molar-refractivity contribution in [3.8, 4) is 0 Å². The number of hydrogen-bond donors (Lipinski definition) is 2. The van der Waals surface area contributed by atoms with Gasteiger partial charge in [0.1, 0.15) is 0 Å². The lowest BCUT2D eigenvalue weighted by Crippen LogP contribution is -2.36. The third kappa shape index (κ3) is 6.73. The molecule has 1 aliphatic heterocycles. The number of aliphatic carboxylic acids is 1. The molecule has 1 fully saturated rings. The molecule has 1 aromatic carbocycles. The second kappa shape index (κ2) is 11.7. The van der Waals surface area contributed by atoms with Gasteiger partial charge >= 0.3 is 5.97 Å². The van der Waals surface area contributed by atoms with Gasteiger partial charge in [-0.05, 0) is 74.5 Å². The minimum Gasteiger partial charge on any atom is -0.481 e. The van der Waals surface area contributed by atoms with Gasteiger partial charge in [-0.3, -0.25) is 9.78 Å². The monoisotopic (exact) mass is 470 g/mol. The quantitative estimate of drug-likeness (QED) is 0.343. The van der Waals surface area contributed by atoms with Crippen LogP contribution in [0, 0.1) is 6.92 Å². The van der Waals surface area contributed by atoms with E-state index in [1.54, 1.807) is 13.6 Å². The smallest absolute Gasteiger partial charge is 0.307 e. The fourth-order valence-electron chi connectivity index (χ4n) is 4.46. The van der Waals surface area contributed by atoms with Crippen molar-refractivity contribution in [2.75, 3.05) is 18.4 Å². The highest BCUT2D eigenvalue weighted by molar-refractivity contribution is 6.64. The zero-order valence-electron chi connectivity index (χ0n) is 19.9. The minimum absolute atomic E-state index is 0.0189. The van der Waals surface area contributed by atoms with Crippen molar-refractivity contribution in [1.29, 1.82) is 0 Å². The van der Waals surface area contributed by atoms with Crippen LogP contribution in [-0.2, 0) is 28.9 Å². The largest absolute Gasteiger partial charge is 0.481 e. The minimum atomic E-state index is -0.830. The Balaban J connectivity index is 1.38. The van der Waals surface area contributed by atoms with Crippen molar-refractivity contribution in [3.05, 3.63) is 76.9 Å². The summed E-state index contributed by atoms with van der Waals surface area (Å²) in [5.74, 6) is 0.0758. The number of carboxylic acids is 1. The summed E-state index contributed by atoms with van der Waals surface area (Å²) in [7, 11) is 1.61. The zero-order chi connectivity index (χ0) is 24.6. The number of nitrogens with zero attached hydrogens (tertiary/aromatic N) is 4. The third-order valence-corrected chi connectivity index (χ3v) is 6.43. The number of benzene rings is 1. The molecule has 35 heavy (non-hydrogen) atoms. The molecular formula is C26H29BN5O3. The highest BCUT2D eigenvalue weighted by Crippen LogP contribution is 2.27. The third-order valence-electron chi connectivity index (χ3n) is 6.43. The number of carbonyl (C=O) groups excluding carboxylic acids is 1. The molecule has 0 spiro atoms. The molecule has 2 N–H and O–H groups in total. The van der Waals surface area contributed by atoms with Gasteiger partial charge < -0.3 is 20.0 Å². The van der Waals surface area contributed by atoms with E-state index in [0.717, 1.165) is 65.9 Å². The molecule has 1 radical (unpaired) electrons.